The second-order valence-electron chi connectivity index (χ2n) is 6.76. The number of rotatable bonds is 8. The van der Waals surface area contributed by atoms with Crippen LogP contribution in [0.4, 0.5) is 5.69 Å². The molecule has 0 saturated heterocycles. The molecule has 3 rings (SSSR count). The summed E-state index contributed by atoms with van der Waals surface area (Å²) in [5, 5.41) is 2.88. The lowest BCUT2D eigenvalue weighted by Gasteiger charge is -2.20. The number of ether oxygens (including phenoxy) is 4. The van der Waals surface area contributed by atoms with Gasteiger partial charge in [-0.3, -0.25) is 9.59 Å². The van der Waals surface area contributed by atoms with E-state index < -0.39 is 0 Å². The molecule has 0 unspecified atom stereocenters. The molecule has 2 amide bonds. The first-order chi connectivity index (χ1) is 14.6. The average Bonchev–Trinajstić information content (AvgIpc) is 2.91. The van der Waals surface area contributed by atoms with Crippen LogP contribution in [-0.2, 0) is 16.1 Å². The van der Waals surface area contributed by atoms with Gasteiger partial charge in [0, 0.05) is 38.1 Å². The Bertz CT molecular complexity index is 892. The van der Waals surface area contributed by atoms with E-state index in [4.69, 9.17) is 18.9 Å². The van der Waals surface area contributed by atoms with Gasteiger partial charge in [0.15, 0.2) is 6.61 Å². The lowest BCUT2D eigenvalue weighted by Crippen LogP contribution is -2.33. The molecule has 0 aromatic heterocycles. The Labute approximate surface area is 175 Å². The van der Waals surface area contributed by atoms with Gasteiger partial charge in [-0.1, -0.05) is 6.07 Å². The summed E-state index contributed by atoms with van der Waals surface area (Å²) in [6.45, 7) is 1.54. The van der Waals surface area contributed by atoms with Gasteiger partial charge in [-0.05, 0) is 36.8 Å². The highest BCUT2D eigenvalue weighted by Crippen LogP contribution is 2.31. The zero-order valence-corrected chi connectivity index (χ0v) is 17.4. The van der Waals surface area contributed by atoms with Gasteiger partial charge in [-0.15, -0.1) is 0 Å². The maximum atomic E-state index is 12.9. The summed E-state index contributed by atoms with van der Waals surface area (Å²) in [6, 6.07) is 10.5. The van der Waals surface area contributed by atoms with E-state index in [0.29, 0.717) is 48.2 Å². The van der Waals surface area contributed by atoms with Crippen LogP contribution in [0.3, 0.4) is 0 Å². The molecule has 0 radical (unpaired) electrons. The van der Waals surface area contributed by atoms with E-state index in [9.17, 15) is 9.59 Å². The molecule has 30 heavy (non-hydrogen) atoms. The molecule has 8 nitrogen and oxygen atoms in total. The maximum Gasteiger partial charge on any atom is 0.263 e. The third-order valence-corrected chi connectivity index (χ3v) is 4.81. The van der Waals surface area contributed by atoms with E-state index in [1.54, 1.807) is 42.3 Å². The minimum absolute atomic E-state index is 0.00982. The first kappa shape index (κ1) is 21.4. The number of amides is 2. The van der Waals surface area contributed by atoms with Crippen molar-refractivity contribution in [2.24, 2.45) is 0 Å². The summed E-state index contributed by atoms with van der Waals surface area (Å²) in [5.41, 5.74) is 1.72. The number of hydrogen-bond donors (Lipinski definition) is 1. The molecule has 1 aliphatic rings. The fourth-order valence-electron chi connectivity index (χ4n) is 3.32. The van der Waals surface area contributed by atoms with E-state index in [0.717, 1.165) is 12.0 Å². The van der Waals surface area contributed by atoms with Gasteiger partial charge in [-0.25, -0.2) is 0 Å². The van der Waals surface area contributed by atoms with Crippen molar-refractivity contribution in [1.29, 1.82) is 0 Å². The predicted molar refractivity (Wildman–Crippen MR) is 111 cm³/mol. The fraction of sp³-hybridized carbons (Fsp3) is 0.364. The molecule has 2 aromatic rings. The third-order valence-electron chi connectivity index (χ3n) is 4.81. The number of nitrogens with zero attached hydrogens (tertiary/aromatic N) is 1. The molecule has 1 N–H and O–H groups in total. The Morgan fingerprint density at radius 1 is 1.13 bits per heavy atom. The highest BCUT2D eigenvalue weighted by molar-refractivity contribution is 6.08. The topological polar surface area (TPSA) is 86.3 Å². The van der Waals surface area contributed by atoms with Crippen molar-refractivity contribution in [3.05, 3.63) is 47.5 Å². The van der Waals surface area contributed by atoms with Crippen molar-refractivity contribution in [1.82, 2.24) is 4.90 Å². The summed E-state index contributed by atoms with van der Waals surface area (Å²) in [5.74, 6) is 1.03. The maximum absolute atomic E-state index is 12.9. The van der Waals surface area contributed by atoms with Crippen LogP contribution < -0.4 is 19.5 Å². The van der Waals surface area contributed by atoms with Crippen molar-refractivity contribution in [3.8, 4) is 17.2 Å². The summed E-state index contributed by atoms with van der Waals surface area (Å²) in [4.78, 5) is 27.0. The molecular weight excluding hydrogens is 388 g/mol. The third kappa shape index (κ3) is 4.83. The second kappa shape index (κ2) is 9.98. The largest absolute Gasteiger partial charge is 0.496 e. The molecule has 1 heterocycles. The molecule has 0 aliphatic carbocycles. The summed E-state index contributed by atoms with van der Waals surface area (Å²) in [6.07, 6.45) is 0.738. The Morgan fingerprint density at radius 3 is 2.53 bits per heavy atom. The molecule has 8 heteroatoms. The second-order valence-corrected chi connectivity index (χ2v) is 6.76. The quantitative estimate of drug-likeness (QED) is 0.669. The average molecular weight is 414 g/mol. The molecule has 160 valence electrons. The monoisotopic (exact) mass is 414 g/mol. The fourth-order valence-corrected chi connectivity index (χ4v) is 3.32. The van der Waals surface area contributed by atoms with E-state index in [-0.39, 0.29) is 18.4 Å². The van der Waals surface area contributed by atoms with Crippen molar-refractivity contribution in [2.45, 2.75) is 13.0 Å². The van der Waals surface area contributed by atoms with Gasteiger partial charge >= 0.3 is 0 Å². The van der Waals surface area contributed by atoms with Crippen LogP contribution in [0.5, 0.6) is 17.2 Å². The number of methoxy groups -OCH3 is 3. The Hall–Kier alpha value is -3.26. The van der Waals surface area contributed by atoms with Crippen molar-refractivity contribution in [2.75, 3.05) is 46.4 Å². The van der Waals surface area contributed by atoms with Gasteiger partial charge < -0.3 is 29.2 Å². The minimum Gasteiger partial charge on any atom is -0.496 e. The summed E-state index contributed by atoms with van der Waals surface area (Å²) >= 11 is 0. The first-order valence-electron chi connectivity index (χ1n) is 9.62. The number of fused-ring (bicyclic) bond motifs is 1. The van der Waals surface area contributed by atoms with Crippen molar-refractivity contribution >= 4 is 17.5 Å². The van der Waals surface area contributed by atoms with Gasteiger partial charge in [0.2, 0.25) is 0 Å². The van der Waals surface area contributed by atoms with Crippen LogP contribution in [0.25, 0.3) is 0 Å². The van der Waals surface area contributed by atoms with Gasteiger partial charge in [0.25, 0.3) is 11.8 Å². The lowest BCUT2D eigenvalue weighted by atomic mass is 10.1. The number of benzene rings is 2. The van der Waals surface area contributed by atoms with Gasteiger partial charge in [-0.2, -0.15) is 0 Å². The van der Waals surface area contributed by atoms with Gasteiger partial charge in [0.05, 0.1) is 14.2 Å². The Kier molecular flexibility index (Phi) is 7.13. The van der Waals surface area contributed by atoms with Crippen LogP contribution in [0, 0.1) is 0 Å². The van der Waals surface area contributed by atoms with Crippen molar-refractivity contribution < 1.29 is 28.5 Å². The summed E-state index contributed by atoms with van der Waals surface area (Å²) < 4.78 is 21.3. The zero-order valence-electron chi connectivity index (χ0n) is 17.4. The number of carbonyl (C=O) groups is 2. The van der Waals surface area contributed by atoms with Crippen molar-refractivity contribution in [3.63, 3.8) is 0 Å². The predicted octanol–water partition coefficient (Wildman–Crippen LogP) is 2.71. The minimum atomic E-state index is -0.355. The van der Waals surface area contributed by atoms with E-state index >= 15 is 0 Å². The number of carbonyl (C=O) groups excluding carboxylic acids is 2. The van der Waals surface area contributed by atoms with E-state index in [2.05, 4.69) is 5.32 Å². The van der Waals surface area contributed by atoms with Gasteiger partial charge in [0.1, 0.15) is 22.8 Å². The zero-order chi connectivity index (χ0) is 21.5. The van der Waals surface area contributed by atoms with Crippen LogP contribution in [-0.4, -0.2) is 57.8 Å². The molecule has 0 saturated carbocycles. The number of hydrogen-bond acceptors (Lipinski definition) is 6. The normalized spacial score (nSPS) is 13.2. The van der Waals surface area contributed by atoms with Crippen LogP contribution >= 0.6 is 0 Å². The highest BCUT2D eigenvalue weighted by atomic mass is 16.5. The molecule has 0 spiro atoms. The number of anilines is 1. The molecule has 2 aromatic carbocycles. The van der Waals surface area contributed by atoms with E-state index in [1.807, 2.05) is 6.07 Å². The van der Waals surface area contributed by atoms with Crippen LogP contribution in [0.1, 0.15) is 22.3 Å². The van der Waals surface area contributed by atoms with Crippen LogP contribution in [0.2, 0.25) is 0 Å². The molecule has 0 bridgehead atoms. The standard InChI is InChI=1S/C22H26N2O6/c1-27-11-5-10-24-13-15-12-16(8-9-17(15)30-14-20(24)25)23-22(26)21-18(28-2)6-4-7-19(21)29-3/h4,6-9,12H,5,10-11,13-14H2,1-3H3,(H,23,26). The van der Waals surface area contributed by atoms with Crippen LogP contribution in [0.15, 0.2) is 36.4 Å². The molecule has 0 atom stereocenters. The smallest absolute Gasteiger partial charge is 0.263 e. The molecular formula is C22H26N2O6. The van der Waals surface area contributed by atoms with E-state index in [1.165, 1.54) is 14.2 Å². The first-order valence-corrected chi connectivity index (χ1v) is 9.62. The SMILES string of the molecule is COCCCN1Cc2cc(NC(=O)c3c(OC)cccc3OC)ccc2OCC1=O. The highest BCUT2D eigenvalue weighted by Gasteiger charge is 2.23. The number of nitrogens with one attached hydrogen (secondary N) is 1. The summed E-state index contributed by atoms with van der Waals surface area (Å²) in [7, 11) is 4.63. The Balaban J connectivity index is 1.81. The Morgan fingerprint density at radius 2 is 1.87 bits per heavy atom. The molecule has 0 fully saturated rings. The molecule has 1 aliphatic heterocycles. The lowest BCUT2D eigenvalue weighted by molar-refractivity contribution is -0.133.